The third kappa shape index (κ3) is 5.32. The molecule has 4 aromatic rings. The van der Waals surface area contributed by atoms with E-state index in [-0.39, 0.29) is 23.0 Å². The predicted octanol–water partition coefficient (Wildman–Crippen LogP) is 4.54. The number of hydrogen-bond acceptors (Lipinski definition) is 5. The topological polar surface area (TPSA) is 101 Å². The largest absolute Gasteiger partial charge is 0.494 e. The molecule has 0 radical (unpaired) electrons. The van der Waals surface area contributed by atoms with Crippen molar-refractivity contribution >= 4 is 40.1 Å². The summed E-state index contributed by atoms with van der Waals surface area (Å²) in [5.74, 6) is 0.139. The SMILES string of the molecule is CCOc1ccc(NC(=O)CSc2[nH]c3ccccc3[n+]2Cc2ccccc2)c([N+](=O)[O-])c1. The number of rotatable bonds is 9. The lowest BCUT2D eigenvalue weighted by molar-refractivity contribution is -0.700. The van der Waals surface area contributed by atoms with Gasteiger partial charge in [-0.15, -0.1) is 0 Å². The van der Waals surface area contributed by atoms with E-state index in [1.165, 1.54) is 23.9 Å². The summed E-state index contributed by atoms with van der Waals surface area (Å²) >= 11 is 1.35. The van der Waals surface area contributed by atoms with Crippen LogP contribution in [0.4, 0.5) is 11.4 Å². The van der Waals surface area contributed by atoms with Crippen molar-refractivity contribution in [2.45, 2.75) is 18.6 Å². The molecule has 0 fully saturated rings. The molecule has 4 rings (SSSR count). The Hall–Kier alpha value is -3.85. The first-order valence-electron chi connectivity index (χ1n) is 10.4. The zero-order valence-corrected chi connectivity index (χ0v) is 18.8. The number of fused-ring (bicyclic) bond motifs is 1. The number of nitrogens with one attached hydrogen (secondary N) is 2. The lowest BCUT2D eigenvalue weighted by Crippen LogP contribution is -2.35. The predicted molar refractivity (Wildman–Crippen MR) is 128 cm³/mol. The van der Waals surface area contributed by atoms with Crippen LogP contribution in [-0.4, -0.2) is 28.2 Å². The smallest absolute Gasteiger partial charge is 0.317 e. The van der Waals surface area contributed by atoms with Crippen LogP contribution >= 0.6 is 11.8 Å². The fourth-order valence-corrected chi connectivity index (χ4v) is 4.33. The molecule has 1 amide bonds. The van der Waals surface area contributed by atoms with Crippen molar-refractivity contribution in [2.24, 2.45) is 0 Å². The average molecular weight is 464 g/mol. The number of para-hydroxylation sites is 2. The van der Waals surface area contributed by atoms with Crippen LogP contribution in [0.25, 0.3) is 11.0 Å². The van der Waals surface area contributed by atoms with E-state index < -0.39 is 4.92 Å². The van der Waals surface area contributed by atoms with E-state index in [1.54, 1.807) is 13.0 Å². The van der Waals surface area contributed by atoms with Crippen molar-refractivity contribution in [2.75, 3.05) is 17.7 Å². The molecule has 33 heavy (non-hydrogen) atoms. The number of thioether (sulfide) groups is 1. The first kappa shape index (κ1) is 22.3. The second kappa shape index (κ2) is 10.2. The third-order valence-electron chi connectivity index (χ3n) is 4.96. The van der Waals surface area contributed by atoms with Gasteiger partial charge in [0.15, 0.2) is 11.0 Å². The van der Waals surface area contributed by atoms with Crippen molar-refractivity contribution in [3.63, 3.8) is 0 Å². The Kier molecular flexibility index (Phi) is 6.89. The van der Waals surface area contributed by atoms with Gasteiger partial charge in [0.1, 0.15) is 18.0 Å². The number of nitrogens with zero attached hydrogens (tertiary/aromatic N) is 2. The third-order valence-corrected chi connectivity index (χ3v) is 5.96. The quantitative estimate of drug-likeness (QED) is 0.164. The highest BCUT2D eigenvalue weighted by Gasteiger charge is 2.22. The second-order valence-corrected chi connectivity index (χ2v) is 8.19. The van der Waals surface area contributed by atoms with Crippen LogP contribution in [0.5, 0.6) is 5.75 Å². The van der Waals surface area contributed by atoms with Gasteiger partial charge >= 0.3 is 5.16 Å². The molecule has 0 spiro atoms. The van der Waals surface area contributed by atoms with Gasteiger partial charge in [-0.2, -0.15) is 0 Å². The minimum Gasteiger partial charge on any atom is -0.494 e. The van der Waals surface area contributed by atoms with Crippen molar-refractivity contribution in [1.29, 1.82) is 0 Å². The summed E-state index contributed by atoms with van der Waals surface area (Å²) in [6.07, 6.45) is 0. The van der Waals surface area contributed by atoms with Gasteiger partial charge in [0.2, 0.25) is 5.91 Å². The molecule has 0 aliphatic rings. The number of ether oxygens (including phenoxy) is 1. The van der Waals surface area contributed by atoms with Crippen molar-refractivity contribution in [3.05, 3.63) is 88.5 Å². The van der Waals surface area contributed by atoms with Gasteiger partial charge in [-0.3, -0.25) is 14.9 Å². The molecule has 0 unspecified atom stereocenters. The van der Waals surface area contributed by atoms with Crippen LogP contribution < -0.4 is 14.6 Å². The molecule has 9 heteroatoms. The molecule has 1 heterocycles. The number of nitro benzene ring substituents is 1. The summed E-state index contributed by atoms with van der Waals surface area (Å²) in [5.41, 5.74) is 3.08. The highest BCUT2D eigenvalue weighted by molar-refractivity contribution is 7.99. The summed E-state index contributed by atoms with van der Waals surface area (Å²) < 4.78 is 7.45. The first-order chi connectivity index (χ1) is 16.0. The molecule has 2 N–H and O–H groups in total. The van der Waals surface area contributed by atoms with Gasteiger partial charge in [-0.25, -0.2) is 9.55 Å². The monoisotopic (exact) mass is 463 g/mol. The van der Waals surface area contributed by atoms with E-state index in [0.717, 1.165) is 21.8 Å². The number of nitro groups is 1. The van der Waals surface area contributed by atoms with E-state index in [4.69, 9.17) is 4.74 Å². The highest BCUT2D eigenvalue weighted by atomic mass is 32.2. The van der Waals surface area contributed by atoms with E-state index >= 15 is 0 Å². The minimum absolute atomic E-state index is 0.0893. The lowest BCUT2D eigenvalue weighted by Gasteiger charge is -2.08. The van der Waals surface area contributed by atoms with Gasteiger partial charge in [0.05, 0.1) is 23.3 Å². The Balaban J connectivity index is 1.51. The van der Waals surface area contributed by atoms with Crippen LogP contribution in [-0.2, 0) is 11.3 Å². The number of hydrogen-bond donors (Lipinski definition) is 2. The van der Waals surface area contributed by atoms with Crippen molar-refractivity contribution in [1.82, 2.24) is 4.98 Å². The first-order valence-corrected chi connectivity index (χ1v) is 11.4. The molecule has 0 aliphatic heterocycles. The van der Waals surface area contributed by atoms with Crippen LogP contribution in [0.15, 0.2) is 78.0 Å². The van der Waals surface area contributed by atoms with Crippen LogP contribution in [0, 0.1) is 10.1 Å². The Morgan fingerprint density at radius 1 is 1.12 bits per heavy atom. The van der Waals surface area contributed by atoms with Gasteiger partial charge in [-0.1, -0.05) is 42.5 Å². The standard InChI is InChI=1S/C24H22N4O4S/c1-2-32-18-12-13-20(22(14-18)28(30)31)25-23(29)16-33-24-26-19-10-6-7-11-21(19)27(24)15-17-8-4-3-5-9-17/h3-14H,2,15-16H2,1H3,(H,25,29)/p+1. The van der Waals surface area contributed by atoms with E-state index in [0.29, 0.717) is 18.9 Å². The number of aromatic nitrogens is 2. The Morgan fingerprint density at radius 2 is 1.88 bits per heavy atom. The van der Waals surface area contributed by atoms with E-state index in [2.05, 4.69) is 27.0 Å². The van der Waals surface area contributed by atoms with Gasteiger partial charge in [0, 0.05) is 0 Å². The Bertz CT molecular complexity index is 1290. The molecular weight excluding hydrogens is 440 g/mol. The second-order valence-electron chi connectivity index (χ2n) is 7.22. The fraction of sp³-hybridized carbons (Fsp3) is 0.167. The summed E-state index contributed by atoms with van der Waals surface area (Å²) in [6, 6.07) is 22.4. The van der Waals surface area contributed by atoms with Gasteiger partial charge < -0.3 is 10.1 Å². The molecule has 0 saturated heterocycles. The van der Waals surface area contributed by atoms with E-state index in [9.17, 15) is 14.9 Å². The Morgan fingerprint density at radius 3 is 2.64 bits per heavy atom. The maximum Gasteiger partial charge on any atom is 0.317 e. The van der Waals surface area contributed by atoms with Gasteiger partial charge in [0.25, 0.3) is 5.69 Å². The normalized spacial score (nSPS) is 10.8. The Labute approximate surface area is 194 Å². The summed E-state index contributed by atoms with van der Waals surface area (Å²) in [7, 11) is 0. The van der Waals surface area contributed by atoms with Gasteiger partial charge in [-0.05, 0) is 48.5 Å². The van der Waals surface area contributed by atoms with Crippen LogP contribution in [0.2, 0.25) is 0 Å². The number of imidazole rings is 1. The number of benzene rings is 3. The molecule has 168 valence electrons. The zero-order chi connectivity index (χ0) is 23.2. The summed E-state index contributed by atoms with van der Waals surface area (Å²) in [6.45, 7) is 2.85. The number of amides is 1. The molecule has 1 aromatic heterocycles. The van der Waals surface area contributed by atoms with Crippen LogP contribution in [0.3, 0.4) is 0 Å². The lowest BCUT2D eigenvalue weighted by atomic mass is 10.2. The molecule has 0 aliphatic carbocycles. The number of carbonyl (C=O) groups excluding carboxylic acids is 1. The zero-order valence-electron chi connectivity index (χ0n) is 18.0. The highest BCUT2D eigenvalue weighted by Crippen LogP contribution is 2.29. The molecule has 0 atom stereocenters. The molecule has 8 nitrogen and oxygen atoms in total. The number of carbonyl (C=O) groups is 1. The summed E-state index contributed by atoms with van der Waals surface area (Å²) in [5, 5.41) is 14.9. The number of aromatic amines is 1. The molecule has 0 saturated carbocycles. The molecule has 3 aromatic carbocycles. The number of anilines is 1. The molecule has 0 bridgehead atoms. The summed E-state index contributed by atoms with van der Waals surface area (Å²) in [4.78, 5) is 26.9. The minimum atomic E-state index is -0.531. The average Bonchev–Trinajstić information content (AvgIpc) is 3.17. The van der Waals surface area contributed by atoms with Crippen molar-refractivity contribution in [3.8, 4) is 5.75 Å². The number of H-pyrrole nitrogens is 1. The molecular formula is C24H23N4O4S+. The fourth-order valence-electron chi connectivity index (χ4n) is 3.49. The maximum atomic E-state index is 12.6. The maximum absolute atomic E-state index is 12.6. The van der Waals surface area contributed by atoms with Crippen LogP contribution in [0.1, 0.15) is 12.5 Å². The van der Waals surface area contributed by atoms with Crippen molar-refractivity contribution < 1.29 is 19.0 Å². The van der Waals surface area contributed by atoms with E-state index in [1.807, 2.05) is 42.5 Å².